The first kappa shape index (κ1) is 27.6. The van der Waals surface area contributed by atoms with Crippen LogP contribution in [0.3, 0.4) is 0 Å². The molecule has 0 saturated carbocycles. The first-order valence-electron chi connectivity index (χ1n) is 12.6. The zero-order chi connectivity index (χ0) is 28.7. The van der Waals surface area contributed by atoms with Gasteiger partial charge in [0, 0.05) is 36.7 Å². The van der Waals surface area contributed by atoms with Crippen molar-refractivity contribution in [1.29, 1.82) is 0 Å². The summed E-state index contributed by atoms with van der Waals surface area (Å²) in [7, 11) is -2.84. The van der Waals surface area contributed by atoms with Gasteiger partial charge in [0.2, 0.25) is 0 Å². The normalized spacial score (nSPS) is 17.6. The SMILES string of the molecule is COc1ccccc1C1CN(c2ccc3c(c2)N(S(=O)(=O)c2cccc(C(F)(F)F)c2)CC(CCC(=O)O)O3)C1. The number of methoxy groups -OCH3 is 1. The van der Waals surface area contributed by atoms with E-state index in [1.165, 1.54) is 0 Å². The fourth-order valence-electron chi connectivity index (χ4n) is 5.01. The fourth-order valence-corrected chi connectivity index (χ4v) is 6.55. The third-order valence-corrected chi connectivity index (χ3v) is 8.90. The number of anilines is 2. The monoisotopic (exact) mass is 576 g/mol. The number of hydrogen-bond acceptors (Lipinski definition) is 6. The Morgan fingerprint density at radius 3 is 2.50 bits per heavy atom. The molecule has 2 aliphatic rings. The van der Waals surface area contributed by atoms with Crippen LogP contribution >= 0.6 is 0 Å². The van der Waals surface area contributed by atoms with Crippen molar-refractivity contribution < 1.29 is 41.0 Å². The average Bonchev–Trinajstić information content (AvgIpc) is 2.90. The van der Waals surface area contributed by atoms with Crippen molar-refractivity contribution in [3.8, 4) is 11.5 Å². The highest BCUT2D eigenvalue weighted by atomic mass is 32.2. The summed E-state index contributed by atoms with van der Waals surface area (Å²) in [6.45, 7) is 1.06. The third kappa shape index (κ3) is 5.40. The van der Waals surface area contributed by atoms with Gasteiger partial charge in [0.25, 0.3) is 10.0 Å². The van der Waals surface area contributed by atoms with E-state index in [0.29, 0.717) is 19.2 Å². The molecule has 2 heterocycles. The summed E-state index contributed by atoms with van der Waals surface area (Å²) in [6, 6.07) is 16.3. The molecule has 0 radical (unpaired) electrons. The number of carboxylic acids is 1. The van der Waals surface area contributed by atoms with Crippen LogP contribution in [0.25, 0.3) is 0 Å². The van der Waals surface area contributed by atoms with Crippen LogP contribution in [-0.2, 0) is 21.0 Å². The highest BCUT2D eigenvalue weighted by molar-refractivity contribution is 7.92. The molecule has 0 aromatic heterocycles. The molecule has 40 heavy (non-hydrogen) atoms. The molecule has 1 unspecified atom stereocenters. The minimum Gasteiger partial charge on any atom is -0.496 e. The van der Waals surface area contributed by atoms with E-state index >= 15 is 0 Å². The maximum Gasteiger partial charge on any atom is 0.416 e. The number of carbonyl (C=O) groups is 1. The highest BCUT2D eigenvalue weighted by Gasteiger charge is 2.38. The van der Waals surface area contributed by atoms with E-state index in [0.717, 1.165) is 39.5 Å². The van der Waals surface area contributed by atoms with Crippen molar-refractivity contribution in [1.82, 2.24) is 0 Å². The van der Waals surface area contributed by atoms with Crippen molar-refractivity contribution in [2.24, 2.45) is 0 Å². The van der Waals surface area contributed by atoms with Gasteiger partial charge in [-0.05, 0) is 48.9 Å². The van der Waals surface area contributed by atoms with Crippen LogP contribution in [0.5, 0.6) is 11.5 Å². The lowest BCUT2D eigenvalue weighted by atomic mass is 9.90. The molecule has 1 saturated heterocycles. The number of ether oxygens (including phenoxy) is 2. The van der Waals surface area contributed by atoms with Gasteiger partial charge in [-0.25, -0.2) is 8.42 Å². The molecule has 1 atom stereocenters. The maximum atomic E-state index is 13.7. The molecule has 5 rings (SSSR count). The molecular weight excluding hydrogens is 549 g/mol. The van der Waals surface area contributed by atoms with E-state index in [-0.39, 0.29) is 36.7 Å². The second-order valence-electron chi connectivity index (χ2n) is 9.73. The largest absolute Gasteiger partial charge is 0.496 e. The van der Waals surface area contributed by atoms with Crippen LogP contribution in [-0.4, -0.2) is 52.3 Å². The summed E-state index contributed by atoms with van der Waals surface area (Å²) >= 11 is 0. The van der Waals surface area contributed by atoms with Crippen molar-refractivity contribution in [2.45, 2.75) is 35.9 Å². The fraction of sp³-hybridized carbons (Fsp3) is 0.321. The first-order chi connectivity index (χ1) is 19.0. The lowest BCUT2D eigenvalue weighted by Gasteiger charge is -2.43. The van der Waals surface area contributed by atoms with Crippen molar-refractivity contribution in [2.75, 3.05) is 35.9 Å². The predicted molar refractivity (Wildman–Crippen MR) is 142 cm³/mol. The van der Waals surface area contributed by atoms with Gasteiger partial charge in [-0.1, -0.05) is 24.3 Å². The number of sulfonamides is 1. The Morgan fingerprint density at radius 2 is 1.80 bits per heavy atom. The number of benzene rings is 3. The topological polar surface area (TPSA) is 96.4 Å². The lowest BCUT2D eigenvalue weighted by Crippen LogP contribution is -2.46. The number of alkyl halides is 3. The Bertz CT molecular complexity index is 1520. The number of aliphatic carboxylic acids is 1. The molecular formula is C28H27F3N2O6S. The van der Waals surface area contributed by atoms with Gasteiger partial charge >= 0.3 is 12.1 Å². The minimum absolute atomic E-state index is 0.0256. The molecule has 0 amide bonds. The number of nitrogens with zero attached hydrogens (tertiary/aromatic N) is 2. The first-order valence-corrected chi connectivity index (χ1v) is 14.0. The second-order valence-corrected chi connectivity index (χ2v) is 11.6. The molecule has 0 aliphatic carbocycles. The Morgan fingerprint density at radius 1 is 1.05 bits per heavy atom. The molecule has 8 nitrogen and oxygen atoms in total. The molecule has 1 N–H and O–H groups in total. The highest BCUT2D eigenvalue weighted by Crippen LogP contribution is 2.43. The molecule has 212 valence electrons. The number of para-hydroxylation sites is 1. The summed E-state index contributed by atoms with van der Waals surface area (Å²) in [5, 5.41) is 9.11. The Balaban J connectivity index is 1.47. The van der Waals surface area contributed by atoms with Gasteiger partial charge in [0.15, 0.2) is 0 Å². The van der Waals surface area contributed by atoms with Crippen LogP contribution in [0, 0.1) is 0 Å². The molecule has 1 fully saturated rings. The molecule has 0 spiro atoms. The van der Waals surface area contributed by atoms with E-state index in [1.54, 1.807) is 25.3 Å². The minimum atomic E-state index is -4.72. The Labute approximate surface area is 229 Å². The zero-order valence-corrected chi connectivity index (χ0v) is 22.3. The second kappa shape index (κ2) is 10.6. The van der Waals surface area contributed by atoms with Crippen molar-refractivity contribution >= 4 is 27.4 Å². The third-order valence-electron chi connectivity index (χ3n) is 7.13. The standard InChI is InChI=1S/C28H27F3N2O6S/c1-38-25-8-3-2-7-23(25)18-15-32(16-18)20-9-11-26-24(14-20)33(17-21(39-26)10-12-27(34)35)40(36,37)22-6-4-5-19(13-22)28(29,30)31/h2-9,11,13-14,18,21H,10,12,15-17H2,1H3,(H,34,35). The van der Waals surface area contributed by atoms with E-state index in [2.05, 4.69) is 4.90 Å². The van der Waals surface area contributed by atoms with Crippen LogP contribution in [0.15, 0.2) is 71.6 Å². The van der Waals surface area contributed by atoms with Crippen LogP contribution in [0.4, 0.5) is 24.5 Å². The summed E-state index contributed by atoms with van der Waals surface area (Å²) in [6.07, 6.45) is -5.75. The van der Waals surface area contributed by atoms with E-state index in [4.69, 9.17) is 14.6 Å². The number of fused-ring (bicyclic) bond motifs is 1. The van der Waals surface area contributed by atoms with Crippen LogP contribution < -0.4 is 18.7 Å². The molecule has 0 bridgehead atoms. The van der Waals surface area contributed by atoms with Crippen molar-refractivity contribution in [3.63, 3.8) is 0 Å². The van der Waals surface area contributed by atoms with Crippen LogP contribution in [0.2, 0.25) is 0 Å². The summed E-state index contributed by atoms with van der Waals surface area (Å²) in [5.74, 6) is 0.132. The van der Waals surface area contributed by atoms with E-state index in [9.17, 15) is 26.4 Å². The summed E-state index contributed by atoms with van der Waals surface area (Å²) in [5.41, 5.74) is 0.891. The van der Waals surface area contributed by atoms with Gasteiger partial charge in [-0.3, -0.25) is 9.10 Å². The smallest absolute Gasteiger partial charge is 0.416 e. The maximum absolute atomic E-state index is 13.7. The van der Waals surface area contributed by atoms with Gasteiger partial charge in [0.1, 0.15) is 17.6 Å². The van der Waals surface area contributed by atoms with Gasteiger partial charge in [0.05, 0.1) is 29.8 Å². The summed E-state index contributed by atoms with van der Waals surface area (Å²) < 4.78 is 80.0. The van der Waals surface area contributed by atoms with Crippen molar-refractivity contribution in [3.05, 3.63) is 77.9 Å². The van der Waals surface area contributed by atoms with E-state index < -0.39 is 38.7 Å². The number of halogens is 3. The number of rotatable bonds is 8. The zero-order valence-electron chi connectivity index (χ0n) is 21.5. The lowest BCUT2D eigenvalue weighted by molar-refractivity contribution is -0.138. The van der Waals surface area contributed by atoms with E-state index in [1.807, 2.05) is 24.3 Å². The molecule has 2 aliphatic heterocycles. The Kier molecular flexibility index (Phi) is 7.30. The Hall–Kier alpha value is -3.93. The summed E-state index contributed by atoms with van der Waals surface area (Å²) in [4.78, 5) is 12.7. The molecule has 3 aromatic rings. The quantitative estimate of drug-likeness (QED) is 0.397. The predicted octanol–water partition coefficient (Wildman–Crippen LogP) is 5.14. The van der Waals surface area contributed by atoms with Crippen LogP contribution in [0.1, 0.15) is 29.9 Å². The van der Waals surface area contributed by atoms with Gasteiger partial charge in [-0.15, -0.1) is 0 Å². The molecule has 12 heteroatoms. The molecule has 3 aromatic carbocycles. The van der Waals surface area contributed by atoms with Gasteiger partial charge in [-0.2, -0.15) is 13.2 Å². The van der Waals surface area contributed by atoms with Gasteiger partial charge < -0.3 is 19.5 Å². The number of carboxylic acid groups (broad SMARTS) is 1. The number of hydrogen-bond donors (Lipinski definition) is 1. The average molecular weight is 577 g/mol.